The minimum absolute atomic E-state index is 0. The van der Waals surface area contributed by atoms with Crippen LogP contribution < -0.4 is 15.5 Å². The van der Waals surface area contributed by atoms with E-state index >= 15 is 0 Å². The summed E-state index contributed by atoms with van der Waals surface area (Å²) in [5.41, 5.74) is 1.20. The third-order valence-electron chi connectivity index (χ3n) is 5.12. The number of hydrogen-bond acceptors (Lipinski definition) is 4. The maximum atomic E-state index is 5.82. The Bertz CT molecular complexity index is 571. The fourth-order valence-electron chi connectivity index (χ4n) is 3.44. The van der Waals surface area contributed by atoms with Crippen LogP contribution in [0.3, 0.4) is 0 Å². The van der Waals surface area contributed by atoms with Gasteiger partial charge in [0.1, 0.15) is 5.82 Å². The summed E-state index contributed by atoms with van der Waals surface area (Å²) in [4.78, 5) is 11.3. The lowest BCUT2D eigenvalue weighted by atomic mass is 10.0. The molecule has 1 saturated heterocycles. The monoisotopic (exact) mass is 503 g/mol. The number of aryl methyl sites for hydroxylation is 1. The van der Waals surface area contributed by atoms with Crippen LogP contribution in [0.2, 0.25) is 0 Å². The van der Waals surface area contributed by atoms with E-state index < -0.39 is 0 Å². The van der Waals surface area contributed by atoms with Crippen LogP contribution in [0.4, 0.5) is 5.82 Å². The molecule has 1 aromatic rings. The molecule has 2 N–H and O–H groups in total. The maximum Gasteiger partial charge on any atom is 0.191 e. The zero-order valence-electron chi connectivity index (χ0n) is 18.1. The van der Waals surface area contributed by atoms with E-state index in [-0.39, 0.29) is 24.0 Å². The zero-order valence-corrected chi connectivity index (χ0v) is 20.4. The standard InChI is InChI=1S/C21H37N5O.HI/c1-6-27-19(16(2)3)9-12-23-21(22-5)25-18-10-13-26(14-11-18)20-8-7-17(4)15-24-20;/h7-8,15-16,18-19H,6,9-14H2,1-5H3,(H2,22,23,25);1H. The molecule has 2 heterocycles. The van der Waals surface area contributed by atoms with Crippen LogP contribution in [-0.4, -0.2) is 56.4 Å². The number of ether oxygens (including phenoxy) is 1. The van der Waals surface area contributed by atoms with E-state index in [1.54, 1.807) is 0 Å². The molecule has 0 aliphatic carbocycles. The van der Waals surface area contributed by atoms with E-state index in [2.05, 4.69) is 65.3 Å². The van der Waals surface area contributed by atoms with Crippen molar-refractivity contribution in [3.63, 3.8) is 0 Å². The van der Waals surface area contributed by atoms with Crippen molar-refractivity contribution in [1.82, 2.24) is 15.6 Å². The van der Waals surface area contributed by atoms with Crippen LogP contribution in [0.25, 0.3) is 0 Å². The molecule has 1 fully saturated rings. The van der Waals surface area contributed by atoms with Crippen molar-refractivity contribution in [2.45, 2.75) is 59.1 Å². The van der Waals surface area contributed by atoms with Crippen LogP contribution in [-0.2, 0) is 4.74 Å². The topological polar surface area (TPSA) is 61.8 Å². The Balaban J connectivity index is 0.00000392. The number of rotatable bonds is 8. The number of aromatic nitrogens is 1. The van der Waals surface area contributed by atoms with Gasteiger partial charge in [-0.1, -0.05) is 19.9 Å². The average molecular weight is 503 g/mol. The molecule has 1 aliphatic heterocycles. The van der Waals surface area contributed by atoms with Gasteiger partial charge >= 0.3 is 0 Å². The minimum atomic E-state index is 0. The highest BCUT2D eigenvalue weighted by Crippen LogP contribution is 2.18. The third-order valence-corrected chi connectivity index (χ3v) is 5.12. The Hall–Kier alpha value is -1.09. The number of piperidine rings is 1. The first-order chi connectivity index (χ1) is 13.0. The number of nitrogens with zero attached hydrogens (tertiary/aromatic N) is 3. The van der Waals surface area contributed by atoms with Crippen molar-refractivity contribution in [1.29, 1.82) is 0 Å². The molecule has 160 valence electrons. The summed E-state index contributed by atoms with van der Waals surface area (Å²) in [6.45, 7) is 12.2. The predicted molar refractivity (Wildman–Crippen MR) is 129 cm³/mol. The van der Waals surface area contributed by atoms with Gasteiger partial charge in [-0.15, -0.1) is 24.0 Å². The molecule has 1 unspecified atom stereocenters. The molecule has 1 atom stereocenters. The van der Waals surface area contributed by atoms with E-state index in [0.717, 1.165) is 57.3 Å². The Kier molecular flexibility index (Phi) is 11.8. The molecule has 0 radical (unpaired) electrons. The highest BCUT2D eigenvalue weighted by molar-refractivity contribution is 14.0. The molecule has 1 aliphatic rings. The lowest BCUT2D eigenvalue weighted by molar-refractivity contribution is 0.0258. The second-order valence-corrected chi connectivity index (χ2v) is 7.62. The zero-order chi connectivity index (χ0) is 19.6. The van der Waals surface area contributed by atoms with Gasteiger partial charge in [0, 0.05) is 45.5 Å². The Morgan fingerprint density at radius 3 is 2.57 bits per heavy atom. The molecular formula is C21H38IN5O. The first kappa shape index (κ1) is 24.9. The van der Waals surface area contributed by atoms with E-state index in [1.807, 2.05) is 13.2 Å². The molecule has 7 heteroatoms. The smallest absolute Gasteiger partial charge is 0.191 e. The summed E-state index contributed by atoms with van der Waals surface area (Å²) < 4.78 is 5.82. The summed E-state index contributed by atoms with van der Waals surface area (Å²) in [6, 6.07) is 4.70. The van der Waals surface area contributed by atoms with E-state index in [0.29, 0.717) is 18.1 Å². The van der Waals surface area contributed by atoms with Crippen molar-refractivity contribution >= 4 is 35.8 Å². The van der Waals surface area contributed by atoms with Gasteiger partial charge in [-0.05, 0) is 50.7 Å². The van der Waals surface area contributed by atoms with Gasteiger partial charge in [-0.3, -0.25) is 4.99 Å². The van der Waals surface area contributed by atoms with Crippen molar-refractivity contribution < 1.29 is 4.74 Å². The third kappa shape index (κ3) is 8.11. The van der Waals surface area contributed by atoms with Crippen molar-refractivity contribution in [2.75, 3.05) is 38.2 Å². The quantitative estimate of drug-likeness (QED) is 0.323. The lowest BCUT2D eigenvalue weighted by Crippen LogP contribution is -2.49. The largest absolute Gasteiger partial charge is 0.378 e. The minimum Gasteiger partial charge on any atom is -0.378 e. The SMILES string of the molecule is CCOC(CCNC(=NC)NC1CCN(c2ccc(C)cn2)CC1)C(C)C.I. The molecule has 28 heavy (non-hydrogen) atoms. The first-order valence-electron chi connectivity index (χ1n) is 10.3. The van der Waals surface area contributed by atoms with Gasteiger partial charge in [0.25, 0.3) is 0 Å². The van der Waals surface area contributed by atoms with Crippen LogP contribution in [0, 0.1) is 12.8 Å². The van der Waals surface area contributed by atoms with Crippen LogP contribution in [0.1, 0.15) is 45.6 Å². The van der Waals surface area contributed by atoms with Crippen LogP contribution >= 0.6 is 24.0 Å². The van der Waals surface area contributed by atoms with Crippen LogP contribution in [0.5, 0.6) is 0 Å². The summed E-state index contributed by atoms with van der Waals surface area (Å²) in [5, 5.41) is 7.02. The van der Waals surface area contributed by atoms with E-state index in [1.165, 1.54) is 5.56 Å². The Labute approximate surface area is 187 Å². The fourth-order valence-corrected chi connectivity index (χ4v) is 3.44. The maximum absolute atomic E-state index is 5.82. The van der Waals surface area contributed by atoms with E-state index in [9.17, 15) is 0 Å². The predicted octanol–water partition coefficient (Wildman–Crippen LogP) is 3.59. The highest BCUT2D eigenvalue weighted by Gasteiger charge is 2.21. The number of nitrogens with one attached hydrogen (secondary N) is 2. The molecule has 0 saturated carbocycles. The van der Waals surface area contributed by atoms with Gasteiger partial charge in [0.15, 0.2) is 5.96 Å². The number of halogens is 1. The highest BCUT2D eigenvalue weighted by atomic mass is 127. The normalized spacial score (nSPS) is 16.6. The van der Waals surface area contributed by atoms with Crippen LogP contribution in [0.15, 0.2) is 23.3 Å². The molecule has 2 rings (SSSR count). The molecular weight excluding hydrogens is 465 g/mol. The fraction of sp³-hybridized carbons (Fsp3) is 0.714. The lowest BCUT2D eigenvalue weighted by Gasteiger charge is -2.34. The average Bonchev–Trinajstić information content (AvgIpc) is 2.67. The second-order valence-electron chi connectivity index (χ2n) is 7.62. The second kappa shape index (κ2) is 13.2. The molecule has 6 nitrogen and oxygen atoms in total. The molecule has 1 aromatic heterocycles. The van der Waals surface area contributed by atoms with Crippen molar-refractivity contribution in [3.05, 3.63) is 23.9 Å². The number of anilines is 1. The number of pyridine rings is 1. The summed E-state index contributed by atoms with van der Waals surface area (Å²) in [6.07, 6.45) is 5.40. The van der Waals surface area contributed by atoms with Gasteiger partial charge in [0.2, 0.25) is 0 Å². The summed E-state index contributed by atoms with van der Waals surface area (Å²) in [5.74, 6) is 2.50. The van der Waals surface area contributed by atoms with Gasteiger partial charge < -0.3 is 20.3 Å². The van der Waals surface area contributed by atoms with E-state index in [4.69, 9.17) is 4.74 Å². The van der Waals surface area contributed by atoms with Crippen molar-refractivity contribution in [2.24, 2.45) is 10.9 Å². The number of hydrogen-bond donors (Lipinski definition) is 2. The molecule has 0 amide bonds. The molecule has 0 spiro atoms. The molecule has 0 aromatic carbocycles. The molecule has 0 bridgehead atoms. The Morgan fingerprint density at radius 2 is 2.04 bits per heavy atom. The number of aliphatic imine (C=N–C) groups is 1. The van der Waals surface area contributed by atoms with Gasteiger partial charge in [-0.2, -0.15) is 0 Å². The Morgan fingerprint density at radius 1 is 1.32 bits per heavy atom. The number of guanidine groups is 1. The summed E-state index contributed by atoms with van der Waals surface area (Å²) >= 11 is 0. The summed E-state index contributed by atoms with van der Waals surface area (Å²) in [7, 11) is 1.84. The van der Waals surface area contributed by atoms with Gasteiger partial charge in [-0.25, -0.2) is 4.98 Å². The van der Waals surface area contributed by atoms with Gasteiger partial charge in [0.05, 0.1) is 6.10 Å². The van der Waals surface area contributed by atoms with Crippen molar-refractivity contribution in [3.8, 4) is 0 Å². The first-order valence-corrected chi connectivity index (χ1v) is 10.3.